The number of rotatable bonds is 5. The number of esters is 1. The monoisotopic (exact) mass is 234 g/mol. The summed E-state index contributed by atoms with van der Waals surface area (Å²) in [6.07, 6.45) is 3.11. The van der Waals surface area contributed by atoms with Crippen LogP contribution in [0, 0.1) is 0 Å². The van der Waals surface area contributed by atoms with Crippen LogP contribution in [0.2, 0.25) is 0 Å². The lowest BCUT2D eigenvalue weighted by Gasteiger charge is -1.99. The number of carbonyl (C=O) groups excluding carboxylic acids is 2. The topological polar surface area (TPSA) is 52.6 Å². The van der Waals surface area contributed by atoms with Crippen LogP contribution in [0.25, 0.3) is 6.08 Å². The van der Waals surface area contributed by atoms with Gasteiger partial charge in [-0.25, -0.2) is 4.79 Å². The highest BCUT2D eigenvalue weighted by Crippen LogP contribution is 2.07. The lowest BCUT2D eigenvalue weighted by atomic mass is 10.1. The molecule has 1 aromatic rings. The normalized spacial score (nSPS) is 10.5. The maximum absolute atomic E-state index is 11.2. The molecule has 4 nitrogen and oxygen atoms in total. The molecule has 0 unspecified atom stereocenters. The molecule has 0 aliphatic heterocycles. The van der Waals surface area contributed by atoms with Crippen molar-refractivity contribution in [2.45, 2.75) is 0 Å². The van der Waals surface area contributed by atoms with Gasteiger partial charge in [0.05, 0.1) is 12.7 Å². The molecular formula is C13H14O4. The van der Waals surface area contributed by atoms with E-state index in [2.05, 4.69) is 4.74 Å². The summed E-state index contributed by atoms with van der Waals surface area (Å²) in [6, 6.07) is 6.77. The largest absolute Gasteiger partial charge is 0.465 e. The second kappa shape index (κ2) is 6.60. The zero-order valence-electron chi connectivity index (χ0n) is 9.80. The molecule has 4 heteroatoms. The van der Waals surface area contributed by atoms with E-state index in [0.29, 0.717) is 5.56 Å². The summed E-state index contributed by atoms with van der Waals surface area (Å²) in [5, 5.41) is 0. The molecule has 90 valence electrons. The number of carbonyl (C=O) groups is 2. The van der Waals surface area contributed by atoms with E-state index in [9.17, 15) is 9.59 Å². The third kappa shape index (κ3) is 4.20. The van der Waals surface area contributed by atoms with Gasteiger partial charge in [-0.2, -0.15) is 0 Å². The summed E-state index contributed by atoms with van der Waals surface area (Å²) in [7, 11) is 2.80. The van der Waals surface area contributed by atoms with Crippen LogP contribution in [0.5, 0.6) is 0 Å². The summed E-state index contributed by atoms with van der Waals surface area (Å²) in [4.78, 5) is 22.3. The zero-order chi connectivity index (χ0) is 12.7. The van der Waals surface area contributed by atoms with E-state index in [-0.39, 0.29) is 18.4 Å². The molecule has 0 radical (unpaired) electrons. The first-order valence-electron chi connectivity index (χ1n) is 5.05. The number of benzene rings is 1. The van der Waals surface area contributed by atoms with Gasteiger partial charge in [-0.1, -0.05) is 18.2 Å². The Kier molecular flexibility index (Phi) is 5.10. The van der Waals surface area contributed by atoms with E-state index < -0.39 is 0 Å². The summed E-state index contributed by atoms with van der Waals surface area (Å²) < 4.78 is 9.27. The van der Waals surface area contributed by atoms with Gasteiger partial charge in [-0.15, -0.1) is 0 Å². The maximum Gasteiger partial charge on any atom is 0.337 e. The summed E-state index contributed by atoms with van der Waals surface area (Å²) >= 11 is 0. The molecule has 0 N–H and O–H groups in total. The Morgan fingerprint density at radius 2 is 1.82 bits per heavy atom. The average Bonchev–Trinajstić information content (AvgIpc) is 2.36. The highest BCUT2D eigenvalue weighted by Gasteiger charge is 2.03. The molecule has 0 aromatic heterocycles. The van der Waals surface area contributed by atoms with Crippen LogP contribution < -0.4 is 0 Å². The second-order valence-corrected chi connectivity index (χ2v) is 3.35. The number of hydrogen-bond donors (Lipinski definition) is 0. The Labute approximate surface area is 99.8 Å². The van der Waals surface area contributed by atoms with Gasteiger partial charge in [0.25, 0.3) is 0 Å². The summed E-state index contributed by atoms with van der Waals surface area (Å²) in [5.74, 6) is -0.486. The molecule has 0 heterocycles. The van der Waals surface area contributed by atoms with Gasteiger partial charge in [0.15, 0.2) is 5.78 Å². The minimum atomic E-state index is -0.379. The van der Waals surface area contributed by atoms with Crippen molar-refractivity contribution in [3.8, 4) is 0 Å². The fourth-order valence-corrected chi connectivity index (χ4v) is 1.23. The van der Waals surface area contributed by atoms with Crippen LogP contribution in [0.15, 0.2) is 30.3 Å². The SMILES string of the molecule is COCC(=O)/C=C/c1ccc(C(=O)OC)cc1. The van der Waals surface area contributed by atoms with Crippen LogP contribution in [-0.2, 0) is 14.3 Å². The van der Waals surface area contributed by atoms with Crippen LogP contribution in [0.1, 0.15) is 15.9 Å². The Morgan fingerprint density at radius 1 is 1.18 bits per heavy atom. The van der Waals surface area contributed by atoms with Gasteiger partial charge in [-0.3, -0.25) is 4.79 Å². The Hall–Kier alpha value is -1.94. The van der Waals surface area contributed by atoms with E-state index >= 15 is 0 Å². The molecule has 0 atom stereocenters. The van der Waals surface area contributed by atoms with Crippen molar-refractivity contribution in [1.82, 2.24) is 0 Å². The molecular weight excluding hydrogens is 220 g/mol. The van der Waals surface area contributed by atoms with E-state index in [0.717, 1.165) is 5.56 Å². The van der Waals surface area contributed by atoms with Gasteiger partial charge in [0.2, 0.25) is 0 Å². The third-order valence-corrected chi connectivity index (χ3v) is 2.08. The van der Waals surface area contributed by atoms with Crippen molar-refractivity contribution in [1.29, 1.82) is 0 Å². The highest BCUT2D eigenvalue weighted by atomic mass is 16.5. The fraction of sp³-hybridized carbons (Fsp3) is 0.231. The van der Waals surface area contributed by atoms with Crippen LogP contribution in [0.3, 0.4) is 0 Å². The smallest absolute Gasteiger partial charge is 0.337 e. The number of ketones is 1. The van der Waals surface area contributed by atoms with Crippen LogP contribution in [-0.4, -0.2) is 32.6 Å². The van der Waals surface area contributed by atoms with Gasteiger partial charge in [0.1, 0.15) is 6.61 Å². The Morgan fingerprint density at radius 3 is 2.35 bits per heavy atom. The molecule has 0 amide bonds. The lowest BCUT2D eigenvalue weighted by Crippen LogP contribution is -2.02. The zero-order valence-corrected chi connectivity index (χ0v) is 9.80. The maximum atomic E-state index is 11.2. The second-order valence-electron chi connectivity index (χ2n) is 3.35. The first kappa shape index (κ1) is 13.1. The first-order chi connectivity index (χ1) is 8.17. The summed E-state index contributed by atoms with van der Waals surface area (Å²) in [6.45, 7) is 0.0662. The Bertz CT molecular complexity index is 418. The van der Waals surface area contributed by atoms with Crippen molar-refractivity contribution in [3.63, 3.8) is 0 Å². The minimum Gasteiger partial charge on any atom is -0.465 e. The highest BCUT2D eigenvalue weighted by molar-refractivity contribution is 5.94. The molecule has 0 aliphatic rings. The van der Waals surface area contributed by atoms with E-state index in [1.165, 1.54) is 20.3 Å². The fourth-order valence-electron chi connectivity index (χ4n) is 1.23. The van der Waals surface area contributed by atoms with Gasteiger partial charge >= 0.3 is 5.97 Å². The molecule has 1 aromatic carbocycles. The lowest BCUT2D eigenvalue weighted by molar-refractivity contribution is -0.117. The van der Waals surface area contributed by atoms with E-state index in [1.807, 2.05) is 0 Å². The van der Waals surface area contributed by atoms with Crippen molar-refractivity contribution in [2.24, 2.45) is 0 Å². The number of ether oxygens (including phenoxy) is 2. The molecule has 0 bridgehead atoms. The van der Waals surface area contributed by atoms with E-state index in [1.54, 1.807) is 30.3 Å². The predicted molar refractivity (Wildman–Crippen MR) is 63.7 cm³/mol. The van der Waals surface area contributed by atoms with E-state index in [4.69, 9.17) is 4.74 Å². The third-order valence-electron chi connectivity index (χ3n) is 2.08. The van der Waals surface area contributed by atoms with Gasteiger partial charge in [0, 0.05) is 7.11 Å². The van der Waals surface area contributed by atoms with Crippen molar-refractivity contribution < 1.29 is 19.1 Å². The van der Waals surface area contributed by atoms with Crippen molar-refractivity contribution >= 4 is 17.8 Å². The molecule has 1 rings (SSSR count). The predicted octanol–water partition coefficient (Wildman–Crippen LogP) is 1.70. The first-order valence-corrected chi connectivity index (χ1v) is 5.05. The van der Waals surface area contributed by atoms with Crippen molar-refractivity contribution in [2.75, 3.05) is 20.8 Å². The van der Waals surface area contributed by atoms with Crippen molar-refractivity contribution in [3.05, 3.63) is 41.5 Å². The molecule has 0 saturated carbocycles. The minimum absolute atomic E-state index is 0.0662. The molecule has 0 fully saturated rings. The standard InChI is InChI=1S/C13H14O4/c1-16-9-12(14)8-5-10-3-6-11(7-4-10)13(15)17-2/h3-8H,9H2,1-2H3/b8-5+. The molecule has 0 saturated heterocycles. The average molecular weight is 234 g/mol. The number of methoxy groups -OCH3 is 2. The van der Waals surface area contributed by atoms with Crippen LogP contribution in [0.4, 0.5) is 0 Å². The number of hydrogen-bond acceptors (Lipinski definition) is 4. The molecule has 0 spiro atoms. The molecule has 0 aliphatic carbocycles. The van der Waals surface area contributed by atoms with Gasteiger partial charge < -0.3 is 9.47 Å². The Balaban J connectivity index is 2.68. The molecule has 17 heavy (non-hydrogen) atoms. The van der Waals surface area contributed by atoms with Gasteiger partial charge in [-0.05, 0) is 23.8 Å². The van der Waals surface area contributed by atoms with Crippen LogP contribution >= 0.6 is 0 Å². The quantitative estimate of drug-likeness (QED) is 0.574. The summed E-state index contributed by atoms with van der Waals surface area (Å²) in [5.41, 5.74) is 1.31.